The Morgan fingerprint density at radius 2 is 2.21 bits per heavy atom. The van der Waals surface area contributed by atoms with Gasteiger partial charge in [-0.3, -0.25) is 9.58 Å². The Morgan fingerprint density at radius 3 is 2.79 bits per heavy atom. The van der Waals surface area contributed by atoms with Crippen LogP contribution < -0.4 is 0 Å². The number of hydrogen-bond donors (Lipinski definition) is 0. The minimum absolute atomic E-state index is 0.141. The molecule has 1 aromatic rings. The van der Waals surface area contributed by atoms with E-state index in [1.807, 2.05) is 33.8 Å². The first-order chi connectivity index (χ1) is 8.81. The molecule has 2 rings (SSSR count). The van der Waals surface area contributed by atoms with Gasteiger partial charge >= 0.3 is 6.09 Å². The first-order valence-electron chi connectivity index (χ1n) is 6.29. The number of nitriles is 1. The molecular formula is C13H18N4O2. The Hall–Kier alpha value is -2.03. The van der Waals surface area contributed by atoms with Gasteiger partial charge in [0.05, 0.1) is 18.3 Å². The third kappa shape index (κ3) is 2.70. The monoisotopic (exact) mass is 262 g/mol. The van der Waals surface area contributed by atoms with E-state index in [1.165, 1.54) is 0 Å². The maximum atomic E-state index is 12.1. The molecule has 0 spiro atoms. The van der Waals surface area contributed by atoms with Gasteiger partial charge in [-0.05, 0) is 33.8 Å². The van der Waals surface area contributed by atoms with Crippen molar-refractivity contribution in [3.8, 4) is 6.07 Å². The maximum absolute atomic E-state index is 12.1. The molecule has 0 radical (unpaired) electrons. The summed E-state index contributed by atoms with van der Waals surface area (Å²) in [7, 11) is 0. The molecule has 6 nitrogen and oxygen atoms in total. The predicted molar refractivity (Wildman–Crippen MR) is 68.3 cm³/mol. The van der Waals surface area contributed by atoms with Gasteiger partial charge in [0, 0.05) is 6.54 Å². The van der Waals surface area contributed by atoms with Gasteiger partial charge in [0.1, 0.15) is 11.7 Å². The molecule has 102 valence electrons. The normalized spacial score (nSPS) is 18.7. The molecule has 2 heterocycles. The molecule has 0 unspecified atom stereocenters. The summed E-state index contributed by atoms with van der Waals surface area (Å²) in [6, 6.07) is 3.60. The summed E-state index contributed by atoms with van der Waals surface area (Å²) in [4.78, 5) is 13.8. The van der Waals surface area contributed by atoms with Crippen LogP contribution in [-0.4, -0.2) is 32.9 Å². The standard InChI is InChI=1S/C13H18N4O2/c1-9-11-7-10(8-14)15-17(11)6-5-16(9)12(18)19-13(2,3)4/h7,9H,5-6H2,1-4H3/t9-/m1/s1. The molecule has 1 amide bonds. The Morgan fingerprint density at radius 1 is 1.53 bits per heavy atom. The van der Waals surface area contributed by atoms with Crippen LogP contribution in [0.25, 0.3) is 0 Å². The van der Waals surface area contributed by atoms with Crippen molar-refractivity contribution >= 4 is 6.09 Å². The molecule has 1 aromatic heterocycles. The summed E-state index contributed by atoms with van der Waals surface area (Å²) >= 11 is 0. The molecule has 1 atom stereocenters. The van der Waals surface area contributed by atoms with Gasteiger partial charge in [-0.2, -0.15) is 10.4 Å². The van der Waals surface area contributed by atoms with Crippen LogP contribution in [0, 0.1) is 11.3 Å². The van der Waals surface area contributed by atoms with Gasteiger partial charge in [0.25, 0.3) is 0 Å². The van der Waals surface area contributed by atoms with Crippen LogP contribution in [0.4, 0.5) is 4.79 Å². The summed E-state index contributed by atoms with van der Waals surface area (Å²) < 4.78 is 7.17. The fourth-order valence-electron chi connectivity index (χ4n) is 2.13. The Balaban J connectivity index is 2.19. The number of rotatable bonds is 0. The number of fused-ring (bicyclic) bond motifs is 1. The highest BCUT2D eigenvalue weighted by Crippen LogP contribution is 2.27. The lowest BCUT2D eigenvalue weighted by Crippen LogP contribution is -2.43. The lowest BCUT2D eigenvalue weighted by Gasteiger charge is -2.35. The number of carbonyl (C=O) groups excluding carboxylic acids is 1. The maximum Gasteiger partial charge on any atom is 0.410 e. The number of hydrogen-bond acceptors (Lipinski definition) is 4. The van der Waals surface area contributed by atoms with E-state index in [4.69, 9.17) is 10.00 Å². The largest absolute Gasteiger partial charge is 0.444 e. The number of ether oxygens (including phenoxy) is 1. The van der Waals surface area contributed by atoms with Gasteiger partial charge in [0.15, 0.2) is 5.69 Å². The molecule has 0 bridgehead atoms. The van der Waals surface area contributed by atoms with Gasteiger partial charge in [0.2, 0.25) is 0 Å². The molecule has 0 aromatic carbocycles. The van der Waals surface area contributed by atoms with Gasteiger partial charge in [-0.1, -0.05) is 0 Å². The zero-order chi connectivity index (χ0) is 14.2. The SMILES string of the molecule is C[C@@H]1c2cc(C#N)nn2CCN1C(=O)OC(C)(C)C. The summed E-state index contributed by atoms with van der Waals surface area (Å²) in [5, 5.41) is 13.0. The average Bonchev–Trinajstić information content (AvgIpc) is 2.71. The molecule has 0 saturated carbocycles. The van der Waals surface area contributed by atoms with Crippen molar-refractivity contribution in [3.05, 3.63) is 17.5 Å². The van der Waals surface area contributed by atoms with Crippen molar-refractivity contribution in [1.29, 1.82) is 5.26 Å². The van der Waals surface area contributed by atoms with E-state index in [1.54, 1.807) is 15.6 Å². The summed E-state index contributed by atoms with van der Waals surface area (Å²) in [6.45, 7) is 8.57. The molecule has 19 heavy (non-hydrogen) atoms. The topological polar surface area (TPSA) is 71.2 Å². The van der Waals surface area contributed by atoms with E-state index in [0.29, 0.717) is 18.8 Å². The predicted octanol–water partition coefficient (Wildman–Crippen LogP) is 2.07. The fraction of sp³-hybridized carbons (Fsp3) is 0.615. The highest BCUT2D eigenvalue weighted by Gasteiger charge is 2.32. The molecule has 0 fully saturated rings. The van der Waals surface area contributed by atoms with Crippen LogP contribution in [0.1, 0.15) is 45.1 Å². The summed E-state index contributed by atoms with van der Waals surface area (Å²) in [5.74, 6) is 0. The molecule has 0 aliphatic carbocycles. The lowest BCUT2D eigenvalue weighted by molar-refractivity contribution is 0.0120. The second-order valence-electron chi connectivity index (χ2n) is 5.64. The highest BCUT2D eigenvalue weighted by atomic mass is 16.6. The van der Waals surface area contributed by atoms with Crippen LogP contribution >= 0.6 is 0 Å². The van der Waals surface area contributed by atoms with E-state index in [9.17, 15) is 4.79 Å². The molecular weight excluding hydrogens is 244 g/mol. The zero-order valence-electron chi connectivity index (χ0n) is 11.7. The molecule has 6 heteroatoms. The van der Waals surface area contributed by atoms with Crippen molar-refractivity contribution in [1.82, 2.24) is 14.7 Å². The third-order valence-corrected chi connectivity index (χ3v) is 3.00. The lowest BCUT2D eigenvalue weighted by atomic mass is 10.1. The van der Waals surface area contributed by atoms with E-state index in [2.05, 4.69) is 5.10 Å². The Kier molecular flexibility index (Phi) is 3.23. The number of amides is 1. The van der Waals surface area contributed by atoms with E-state index in [-0.39, 0.29) is 12.1 Å². The highest BCUT2D eigenvalue weighted by molar-refractivity contribution is 5.69. The zero-order valence-corrected chi connectivity index (χ0v) is 11.7. The van der Waals surface area contributed by atoms with Crippen LogP contribution in [0.15, 0.2) is 6.07 Å². The van der Waals surface area contributed by atoms with Crippen LogP contribution in [0.3, 0.4) is 0 Å². The Bertz CT molecular complexity index is 536. The van der Waals surface area contributed by atoms with E-state index >= 15 is 0 Å². The van der Waals surface area contributed by atoms with E-state index in [0.717, 1.165) is 5.69 Å². The van der Waals surface area contributed by atoms with E-state index < -0.39 is 5.60 Å². The minimum Gasteiger partial charge on any atom is -0.444 e. The van der Waals surface area contributed by atoms with Crippen molar-refractivity contribution < 1.29 is 9.53 Å². The van der Waals surface area contributed by atoms with Gasteiger partial charge in [-0.15, -0.1) is 0 Å². The summed E-state index contributed by atoms with van der Waals surface area (Å²) in [6.07, 6.45) is -0.328. The third-order valence-electron chi connectivity index (χ3n) is 3.00. The first-order valence-corrected chi connectivity index (χ1v) is 6.29. The quantitative estimate of drug-likeness (QED) is 0.717. The van der Waals surface area contributed by atoms with Crippen molar-refractivity contribution in [2.45, 2.75) is 45.9 Å². The van der Waals surface area contributed by atoms with Crippen molar-refractivity contribution in [2.24, 2.45) is 0 Å². The van der Waals surface area contributed by atoms with Crippen LogP contribution in [-0.2, 0) is 11.3 Å². The molecule has 0 saturated heterocycles. The average molecular weight is 262 g/mol. The van der Waals surface area contributed by atoms with Gasteiger partial charge in [-0.25, -0.2) is 4.79 Å². The first kappa shape index (κ1) is 13.4. The van der Waals surface area contributed by atoms with Crippen LogP contribution in [0.2, 0.25) is 0 Å². The summed E-state index contributed by atoms with van der Waals surface area (Å²) in [5.41, 5.74) is 0.744. The Labute approximate surface area is 112 Å². The molecule has 1 aliphatic rings. The smallest absolute Gasteiger partial charge is 0.410 e. The number of aromatic nitrogens is 2. The second-order valence-corrected chi connectivity index (χ2v) is 5.64. The fourth-order valence-corrected chi connectivity index (χ4v) is 2.13. The number of carbonyl (C=O) groups is 1. The molecule has 1 aliphatic heterocycles. The van der Waals surface area contributed by atoms with Crippen molar-refractivity contribution in [2.75, 3.05) is 6.54 Å². The second kappa shape index (κ2) is 4.57. The minimum atomic E-state index is -0.508. The van der Waals surface area contributed by atoms with Crippen molar-refractivity contribution in [3.63, 3.8) is 0 Å². The van der Waals surface area contributed by atoms with Crippen LogP contribution in [0.5, 0.6) is 0 Å². The van der Waals surface area contributed by atoms with Gasteiger partial charge < -0.3 is 4.74 Å². The number of nitrogens with zero attached hydrogens (tertiary/aromatic N) is 4. The molecule has 0 N–H and O–H groups in total.